The first-order valence-corrected chi connectivity index (χ1v) is 6.11. The van der Waals surface area contributed by atoms with Crippen LogP contribution in [0, 0.1) is 13.8 Å². The zero-order valence-corrected chi connectivity index (χ0v) is 11.4. The fourth-order valence-electron chi connectivity index (χ4n) is 1.85. The quantitative estimate of drug-likeness (QED) is 0.810. The molecule has 0 amide bonds. The summed E-state index contributed by atoms with van der Waals surface area (Å²) in [4.78, 5) is 10.7. The average Bonchev–Trinajstić information content (AvgIpc) is 2.28. The second-order valence-corrected chi connectivity index (χ2v) is 4.45. The lowest BCUT2D eigenvalue weighted by Gasteiger charge is -2.13. The smallest absolute Gasteiger partial charge is 0.328 e. The molecule has 0 unspecified atom stereocenters. The zero-order valence-electron chi connectivity index (χ0n) is 11.4. The van der Waals surface area contributed by atoms with Crippen molar-refractivity contribution < 1.29 is 14.6 Å². The van der Waals surface area contributed by atoms with Crippen molar-refractivity contribution in [3.8, 4) is 5.75 Å². The summed E-state index contributed by atoms with van der Waals surface area (Å²) < 4.78 is 5.65. The number of benzene rings is 1. The second kappa shape index (κ2) is 6.24. The lowest BCUT2D eigenvalue weighted by atomic mass is 9.98. The van der Waals surface area contributed by atoms with Gasteiger partial charge in [-0.15, -0.1) is 0 Å². The van der Waals surface area contributed by atoms with E-state index in [1.165, 1.54) is 6.08 Å². The van der Waals surface area contributed by atoms with Gasteiger partial charge in [0.25, 0.3) is 0 Å². The molecule has 3 nitrogen and oxygen atoms in total. The van der Waals surface area contributed by atoms with Gasteiger partial charge in [-0.05, 0) is 61.6 Å². The molecule has 0 saturated heterocycles. The highest BCUT2D eigenvalue weighted by atomic mass is 16.5. The van der Waals surface area contributed by atoms with Gasteiger partial charge in [0, 0.05) is 6.08 Å². The molecule has 0 heterocycles. The Hall–Kier alpha value is -1.77. The van der Waals surface area contributed by atoms with E-state index in [-0.39, 0.29) is 0 Å². The van der Waals surface area contributed by atoms with E-state index >= 15 is 0 Å². The van der Waals surface area contributed by atoms with Crippen LogP contribution in [0.15, 0.2) is 18.2 Å². The summed E-state index contributed by atoms with van der Waals surface area (Å²) in [5.74, 6) is -0.0444. The summed E-state index contributed by atoms with van der Waals surface area (Å²) >= 11 is 0. The third-order valence-electron chi connectivity index (χ3n) is 2.75. The van der Waals surface area contributed by atoms with E-state index in [4.69, 9.17) is 9.84 Å². The van der Waals surface area contributed by atoms with E-state index in [1.54, 1.807) is 0 Å². The minimum atomic E-state index is -0.920. The lowest BCUT2D eigenvalue weighted by molar-refractivity contribution is -0.131. The molecule has 1 aromatic rings. The Morgan fingerprint density at radius 3 is 2.56 bits per heavy atom. The van der Waals surface area contributed by atoms with Gasteiger partial charge >= 0.3 is 5.97 Å². The summed E-state index contributed by atoms with van der Waals surface area (Å²) in [5.41, 5.74) is 3.77. The summed E-state index contributed by atoms with van der Waals surface area (Å²) in [7, 11) is 0. The number of carboxylic acid groups (broad SMARTS) is 1. The second-order valence-electron chi connectivity index (χ2n) is 4.45. The maximum atomic E-state index is 10.7. The van der Waals surface area contributed by atoms with Gasteiger partial charge in [0.2, 0.25) is 0 Å². The topological polar surface area (TPSA) is 46.5 Å². The molecule has 0 atom stereocenters. The van der Waals surface area contributed by atoms with Crippen LogP contribution in [0.1, 0.15) is 37.0 Å². The molecule has 0 bridgehead atoms. The number of allylic oxidation sites excluding steroid dienone is 1. The standard InChI is InChI=1S/C15H20O3/c1-5-6-18-14-8-10(2)13(7-12(14)4)11(3)9-15(16)17/h7-9H,5-6H2,1-4H3,(H,16,17)/b11-9+. The molecule has 0 spiro atoms. The third-order valence-corrected chi connectivity index (χ3v) is 2.75. The van der Waals surface area contributed by atoms with Crippen LogP contribution < -0.4 is 4.74 Å². The molecule has 0 fully saturated rings. The van der Waals surface area contributed by atoms with Gasteiger partial charge in [0.05, 0.1) is 6.61 Å². The largest absolute Gasteiger partial charge is 0.493 e. The molecule has 0 aliphatic carbocycles. The van der Waals surface area contributed by atoms with E-state index in [9.17, 15) is 4.79 Å². The van der Waals surface area contributed by atoms with Crippen molar-refractivity contribution in [2.45, 2.75) is 34.1 Å². The van der Waals surface area contributed by atoms with Gasteiger partial charge in [0.15, 0.2) is 0 Å². The summed E-state index contributed by atoms with van der Waals surface area (Å²) in [5, 5.41) is 8.78. The van der Waals surface area contributed by atoms with E-state index in [0.717, 1.165) is 34.4 Å². The highest BCUT2D eigenvalue weighted by molar-refractivity contribution is 5.90. The fourth-order valence-corrected chi connectivity index (χ4v) is 1.85. The maximum Gasteiger partial charge on any atom is 0.328 e. The molecule has 0 aliphatic heterocycles. The average molecular weight is 248 g/mol. The molecule has 0 aliphatic rings. The first kappa shape index (κ1) is 14.3. The minimum Gasteiger partial charge on any atom is -0.493 e. The van der Waals surface area contributed by atoms with Gasteiger partial charge in [-0.2, -0.15) is 0 Å². The fraction of sp³-hybridized carbons (Fsp3) is 0.400. The number of carbonyl (C=O) groups is 1. The van der Waals surface area contributed by atoms with Crippen molar-refractivity contribution in [2.75, 3.05) is 6.61 Å². The van der Waals surface area contributed by atoms with Crippen LogP contribution in [0.5, 0.6) is 5.75 Å². The molecule has 1 N–H and O–H groups in total. The molecule has 3 heteroatoms. The lowest BCUT2D eigenvalue weighted by Crippen LogP contribution is -1.99. The molecule has 0 aromatic heterocycles. The SMILES string of the molecule is CCCOc1cc(C)c(/C(C)=C/C(=O)O)cc1C. The molecule has 1 rings (SSSR count). The number of ether oxygens (including phenoxy) is 1. The van der Waals surface area contributed by atoms with Gasteiger partial charge < -0.3 is 9.84 Å². The number of carboxylic acids is 1. The Kier molecular flexibility index (Phi) is 4.95. The van der Waals surface area contributed by atoms with Crippen LogP contribution in [0.25, 0.3) is 5.57 Å². The minimum absolute atomic E-state index is 0.698. The van der Waals surface area contributed by atoms with Gasteiger partial charge in [-0.1, -0.05) is 6.92 Å². The number of aryl methyl sites for hydroxylation is 2. The monoisotopic (exact) mass is 248 g/mol. The Morgan fingerprint density at radius 2 is 2.00 bits per heavy atom. The molecule has 18 heavy (non-hydrogen) atoms. The summed E-state index contributed by atoms with van der Waals surface area (Å²) in [6.07, 6.45) is 2.20. The molecular formula is C15H20O3. The first-order chi connectivity index (χ1) is 8.45. The highest BCUT2D eigenvalue weighted by Gasteiger charge is 2.08. The van der Waals surface area contributed by atoms with Crippen molar-refractivity contribution >= 4 is 11.5 Å². The van der Waals surface area contributed by atoms with Crippen molar-refractivity contribution in [1.29, 1.82) is 0 Å². The normalized spacial score (nSPS) is 11.4. The summed E-state index contributed by atoms with van der Waals surface area (Å²) in [6, 6.07) is 3.95. The van der Waals surface area contributed by atoms with Crippen LogP contribution >= 0.6 is 0 Å². The predicted octanol–water partition coefficient (Wildman–Crippen LogP) is 3.58. The van der Waals surface area contributed by atoms with Gasteiger partial charge in [-0.25, -0.2) is 4.79 Å². The molecule has 0 saturated carbocycles. The highest BCUT2D eigenvalue weighted by Crippen LogP contribution is 2.27. The van der Waals surface area contributed by atoms with Crippen molar-refractivity contribution in [1.82, 2.24) is 0 Å². The number of rotatable bonds is 5. The zero-order chi connectivity index (χ0) is 13.7. The van der Waals surface area contributed by atoms with Gasteiger partial charge in [-0.3, -0.25) is 0 Å². The van der Waals surface area contributed by atoms with Gasteiger partial charge in [0.1, 0.15) is 5.75 Å². The Bertz CT molecular complexity index is 473. The summed E-state index contributed by atoms with van der Waals surface area (Å²) in [6.45, 7) is 8.51. The molecule has 98 valence electrons. The first-order valence-electron chi connectivity index (χ1n) is 6.11. The Morgan fingerprint density at radius 1 is 1.33 bits per heavy atom. The van der Waals surface area contributed by atoms with Crippen LogP contribution in [0.3, 0.4) is 0 Å². The van der Waals surface area contributed by atoms with Crippen molar-refractivity contribution in [3.05, 3.63) is 34.9 Å². The van der Waals surface area contributed by atoms with E-state index < -0.39 is 5.97 Å². The molecule has 0 radical (unpaired) electrons. The number of hydrogen-bond donors (Lipinski definition) is 1. The van der Waals surface area contributed by atoms with Crippen LogP contribution in [0.4, 0.5) is 0 Å². The number of aliphatic carboxylic acids is 1. The third kappa shape index (κ3) is 3.62. The molecule has 1 aromatic carbocycles. The Labute approximate surface area is 108 Å². The van der Waals surface area contributed by atoms with E-state index in [1.807, 2.05) is 32.9 Å². The number of hydrogen-bond acceptors (Lipinski definition) is 2. The van der Waals surface area contributed by atoms with E-state index in [0.29, 0.717) is 6.61 Å². The van der Waals surface area contributed by atoms with Crippen molar-refractivity contribution in [2.24, 2.45) is 0 Å². The van der Waals surface area contributed by atoms with Crippen LogP contribution in [0.2, 0.25) is 0 Å². The Balaban J connectivity index is 3.10. The van der Waals surface area contributed by atoms with Crippen LogP contribution in [-0.4, -0.2) is 17.7 Å². The van der Waals surface area contributed by atoms with Crippen LogP contribution in [-0.2, 0) is 4.79 Å². The van der Waals surface area contributed by atoms with E-state index in [2.05, 4.69) is 6.92 Å². The maximum absolute atomic E-state index is 10.7. The van der Waals surface area contributed by atoms with Crippen molar-refractivity contribution in [3.63, 3.8) is 0 Å². The molecular weight excluding hydrogens is 228 g/mol. The predicted molar refractivity (Wildman–Crippen MR) is 73.0 cm³/mol.